The van der Waals surface area contributed by atoms with Crippen molar-refractivity contribution in [1.82, 2.24) is 0 Å². The Kier molecular flexibility index (Phi) is 4.60. The summed E-state index contributed by atoms with van der Waals surface area (Å²) < 4.78 is 4.82. The average molecular weight is 164 g/mol. The summed E-state index contributed by atoms with van der Waals surface area (Å²) in [5, 5.41) is 26.3. The molecule has 0 amide bonds. The fourth-order valence-electron chi connectivity index (χ4n) is 0.463. The lowest BCUT2D eigenvalue weighted by Gasteiger charge is -2.24. The van der Waals surface area contributed by atoms with Crippen LogP contribution in [-0.4, -0.2) is 41.4 Å². The molecular formula is C7H16O4. The fraction of sp³-hybridized carbons (Fsp3) is 1.00. The molecule has 11 heavy (non-hydrogen) atoms. The minimum absolute atomic E-state index is 0.150. The molecule has 4 nitrogen and oxygen atoms in total. The highest BCUT2D eigenvalue weighted by Gasteiger charge is 2.23. The molecule has 0 bridgehead atoms. The highest BCUT2D eigenvalue weighted by molar-refractivity contribution is 4.70. The predicted octanol–water partition coefficient (Wildman–Crippen LogP) is -0.668. The normalized spacial score (nSPS) is 15.0. The molecule has 0 aromatic carbocycles. The van der Waals surface area contributed by atoms with Crippen LogP contribution in [0.3, 0.4) is 0 Å². The van der Waals surface area contributed by atoms with Gasteiger partial charge in [-0.3, -0.25) is 0 Å². The van der Waals surface area contributed by atoms with Crippen LogP contribution in [0.4, 0.5) is 0 Å². The summed E-state index contributed by atoms with van der Waals surface area (Å²) in [7, 11) is 0. The molecule has 0 aromatic rings. The summed E-state index contributed by atoms with van der Waals surface area (Å²) in [5.41, 5.74) is -0.656. The van der Waals surface area contributed by atoms with Gasteiger partial charge in [-0.25, -0.2) is 0 Å². The smallest absolute Gasteiger partial charge is 0.151 e. The van der Waals surface area contributed by atoms with Crippen molar-refractivity contribution in [2.75, 3.05) is 19.8 Å². The van der Waals surface area contributed by atoms with Crippen molar-refractivity contribution in [3.05, 3.63) is 0 Å². The van der Waals surface area contributed by atoms with E-state index in [9.17, 15) is 0 Å². The third-order valence-electron chi connectivity index (χ3n) is 1.44. The van der Waals surface area contributed by atoms with Gasteiger partial charge in [-0.1, -0.05) is 6.92 Å². The van der Waals surface area contributed by atoms with Crippen LogP contribution >= 0.6 is 0 Å². The second-order valence-electron chi connectivity index (χ2n) is 3.04. The fourth-order valence-corrected chi connectivity index (χ4v) is 0.463. The van der Waals surface area contributed by atoms with Crippen LogP contribution in [0.25, 0.3) is 0 Å². The molecule has 0 aromatic heterocycles. The maximum atomic E-state index is 8.78. The highest BCUT2D eigenvalue weighted by Crippen LogP contribution is 2.14. The third-order valence-corrected chi connectivity index (χ3v) is 1.44. The number of hydrogen-bond donors (Lipinski definition) is 3. The monoisotopic (exact) mass is 164 g/mol. The molecule has 0 aliphatic rings. The first-order chi connectivity index (χ1) is 5.04. The summed E-state index contributed by atoms with van der Waals surface area (Å²) in [5.74, 6) is 0. The van der Waals surface area contributed by atoms with Crippen molar-refractivity contribution in [1.29, 1.82) is 0 Å². The maximum absolute atomic E-state index is 8.78. The zero-order chi connectivity index (χ0) is 8.91. The molecule has 0 aliphatic carbocycles. The number of rotatable bonds is 5. The van der Waals surface area contributed by atoms with Gasteiger partial charge in [0, 0.05) is 5.41 Å². The van der Waals surface area contributed by atoms with Crippen molar-refractivity contribution >= 4 is 0 Å². The van der Waals surface area contributed by atoms with Crippen LogP contribution in [0.2, 0.25) is 0 Å². The van der Waals surface area contributed by atoms with Gasteiger partial charge in [-0.2, -0.15) is 0 Å². The Bertz CT molecular complexity index is 98.6. The molecular weight excluding hydrogens is 148 g/mol. The average Bonchev–Trinajstić information content (AvgIpc) is 2.00. The van der Waals surface area contributed by atoms with E-state index in [-0.39, 0.29) is 19.8 Å². The molecule has 0 aliphatic heterocycles. The molecule has 0 radical (unpaired) electrons. The van der Waals surface area contributed by atoms with Crippen molar-refractivity contribution < 1.29 is 20.1 Å². The first-order valence-corrected chi connectivity index (χ1v) is 3.55. The molecule has 1 unspecified atom stereocenters. The minimum Gasteiger partial charge on any atom is -0.396 e. The maximum Gasteiger partial charge on any atom is 0.151 e. The molecule has 0 fully saturated rings. The topological polar surface area (TPSA) is 69.9 Å². The Morgan fingerprint density at radius 3 is 2.09 bits per heavy atom. The first kappa shape index (κ1) is 10.8. The van der Waals surface area contributed by atoms with Gasteiger partial charge in [0.2, 0.25) is 0 Å². The van der Waals surface area contributed by atoms with E-state index in [4.69, 9.17) is 20.1 Å². The summed E-state index contributed by atoms with van der Waals surface area (Å²) in [6.45, 7) is 2.99. The van der Waals surface area contributed by atoms with E-state index >= 15 is 0 Å². The summed E-state index contributed by atoms with van der Waals surface area (Å²) in [6, 6.07) is 0. The van der Waals surface area contributed by atoms with Gasteiger partial charge >= 0.3 is 0 Å². The Morgan fingerprint density at radius 2 is 1.82 bits per heavy atom. The Morgan fingerprint density at radius 1 is 1.36 bits per heavy atom. The van der Waals surface area contributed by atoms with Crippen molar-refractivity contribution in [2.45, 2.75) is 20.1 Å². The molecule has 0 saturated heterocycles. The van der Waals surface area contributed by atoms with Gasteiger partial charge in [0.05, 0.1) is 19.8 Å². The molecule has 0 rings (SSSR count). The SMILES string of the molecule is CC(O)OCC(C)(CO)CO. The zero-order valence-electron chi connectivity index (χ0n) is 6.95. The van der Waals surface area contributed by atoms with Crippen LogP contribution < -0.4 is 0 Å². The zero-order valence-corrected chi connectivity index (χ0v) is 6.95. The Hall–Kier alpha value is -0.160. The van der Waals surface area contributed by atoms with Crippen LogP contribution in [0.1, 0.15) is 13.8 Å². The van der Waals surface area contributed by atoms with Crippen LogP contribution in [-0.2, 0) is 4.74 Å². The van der Waals surface area contributed by atoms with Crippen molar-refractivity contribution in [2.24, 2.45) is 5.41 Å². The minimum atomic E-state index is -0.854. The van der Waals surface area contributed by atoms with Gasteiger partial charge in [0.25, 0.3) is 0 Å². The van der Waals surface area contributed by atoms with Gasteiger partial charge in [-0.15, -0.1) is 0 Å². The Labute approximate surface area is 66.4 Å². The van der Waals surface area contributed by atoms with Crippen molar-refractivity contribution in [3.63, 3.8) is 0 Å². The van der Waals surface area contributed by atoms with E-state index in [0.29, 0.717) is 0 Å². The van der Waals surface area contributed by atoms with Gasteiger partial charge < -0.3 is 20.1 Å². The molecule has 0 saturated carbocycles. The second kappa shape index (κ2) is 4.66. The van der Waals surface area contributed by atoms with E-state index < -0.39 is 11.7 Å². The third kappa shape index (κ3) is 4.31. The molecule has 3 N–H and O–H groups in total. The van der Waals surface area contributed by atoms with Gasteiger partial charge in [0.15, 0.2) is 6.29 Å². The Balaban J connectivity index is 3.69. The number of ether oxygens (including phenoxy) is 1. The number of hydrogen-bond acceptors (Lipinski definition) is 4. The predicted molar refractivity (Wildman–Crippen MR) is 39.9 cm³/mol. The largest absolute Gasteiger partial charge is 0.396 e. The molecule has 1 atom stereocenters. The summed E-state index contributed by atoms with van der Waals surface area (Å²) in [6.07, 6.45) is -0.854. The van der Waals surface area contributed by atoms with Gasteiger partial charge in [0.1, 0.15) is 0 Å². The highest BCUT2D eigenvalue weighted by atomic mass is 16.6. The molecule has 68 valence electrons. The first-order valence-electron chi connectivity index (χ1n) is 3.55. The summed E-state index contributed by atoms with van der Waals surface area (Å²) in [4.78, 5) is 0. The summed E-state index contributed by atoms with van der Waals surface area (Å²) >= 11 is 0. The lowest BCUT2D eigenvalue weighted by molar-refractivity contribution is -0.126. The van der Waals surface area contributed by atoms with Crippen LogP contribution in [0, 0.1) is 5.41 Å². The van der Waals surface area contributed by atoms with E-state index in [1.54, 1.807) is 6.92 Å². The number of aliphatic hydroxyl groups excluding tert-OH is 3. The van der Waals surface area contributed by atoms with E-state index in [1.165, 1.54) is 6.92 Å². The van der Waals surface area contributed by atoms with Gasteiger partial charge in [-0.05, 0) is 6.92 Å². The molecule has 0 heterocycles. The standard InChI is InChI=1S/C7H16O4/c1-6(10)11-5-7(2,3-8)4-9/h6,8-10H,3-5H2,1-2H3. The second-order valence-corrected chi connectivity index (χ2v) is 3.04. The lowest BCUT2D eigenvalue weighted by atomic mass is 9.95. The molecule has 0 spiro atoms. The van der Waals surface area contributed by atoms with Crippen LogP contribution in [0.5, 0.6) is 0 Å². The molecule has 4 heteroatoms. The van der Waals surface area contributed by atoms with E-state index in [0.717, 1.165) is 0 Å². The quantitative estimate of drug-likeness (QED) is 0.471. The number of aliphatic hydroxyl groups is 3. The van der Waals surface area contributed by atoms with Crippen molar-refractivity contribution in [3.8, 4) is 0 Å². The lowest BCUT2D eigenvalue weighted by Crippen LogP contribution is -2.33. The van der Waals surface area contributed by atoms with Crippen LogP contribution in [0.15, 0.2) is 0 Å². The van der Waals surface area contributed by atoms with E-state index in [2.05, 4.69) is 0 Å². The van der Waals surface area contributed by atoms with E-state index in [1.807, 2.05) is 0 Å².